The van der Waals surface area contributed by atoms with E-state index in [4.69, 9.17) is 22.1 Å². The highest BCUT2D eigenvalue weighted by atomic mass is 35.5. The van der Waals surface area contributed by atoms with Gasteiger partial charge in [0.15, 0.2) is 6.61 Å². The van der Waals surface area contributed by atoms with Crippen molar-refractivity contribution in [1.82, 2.24) is 5.32 Å². The lowest BCUT2D eigenvalue weighted by Crippen LogP contribution is -2.43. The molecule has 0 radical (unpaired) electrons. The Morgan fingerprint density at radius 3 is 2.84 bits per heavy atom. The fraction of sp³-hybridized carbons (Fsp3) is 0.417. The first-order valence-electron chi connectivity index (χ1n) is 5.58. The van der Waals surface area contributed by atoms with Crippen LogP contribution in [0.25, 0.3) is 0 Å². The number of halogens is 3. The molecular weight excluding hydrogens is 278 g/mol. The molecule has 0 aliphatic rings. The third kappa shape index (κ3) is 5.00. The van der Waals surface area contributed by atoms with E-state index >= 15 is 0 Å². The number of rotatable bonds is 6. The number of benzene rings is 1. The molecule has 0 aromatic heterocycles. The van der Waals surface area contributed by atoms with Crippen LogP contribution in [-0.4, -0.2) is 31.5 Å². The summed E-state index contributed by atoms with van der Waals surface area (Å²) in [6, 6.07) is 5.00. The summed E-state index contributed by atoms with van der Waals surface area (Å²) in [6.07, 6.45) is 0. The van der Waals surface area contributed by atoms with Gasteiger partial charge in [-0.25, -0.2) is 8.78 Å². The van der Waals surface area contributed by atoms with Crippen molar-refractivity contribution in [1.29, 1.82) is 0 Å². The van der Waals surface area contributed by atoms with E-state index in [1.165, 1.54) is 0 Å². The highest BCUT2D eigenvalue weighted by molar-refractivity contribution is 6.31. The van der Waals surface area contributed by atoms with E-state index in [0.717, 1.165) is 0 Å². The zero-order valence-electron chi connectivity index (χ0n) is 10.4. The Balaban J connectivity index is 2.44. The lowest BCUT2D eigenvalue weighted by atomic mass is 10.2. The molecule has 3 N–H and O–H groups in total. The van der Waals surface area contributed by atoms with Gasteiger partial charge >= 0.3 is 0 Å². The van der Waals surface area contributed by atoms with Crippen LogP contribution in [0, 0.1) is 6.92 Å². The summed E-state index contributed by atoms with van der Waals surface area (Å²) in [6.45, 7) is -0.248. The van der Waals surface area contributed by atoms with E-state index in [1.54, 1.807) is 25.1 Å². The normalized spacial score (nSPS) is 11.2. The monoisotopic (exact) mass is 292 g/mol. The lowest BCUT2D eigenvalue weighted by molar-refractivity contribution is -0.124. The predicted molar refractivity (Wildman–Crippen MR) is 68.7 cm³/mol. The van der Waals surface area contributed by atoms with Gasteiger partial charge in [0, 0.05) is 10.6 Å². The minimum atomic E-state index is -3.11. The minimum Gasteiger partial charge on any atom is -0.483 e. The van der Waals surface area contributed by atoms with E-state index in [0.29, 0.717) is 16.3 Å². The van der Waals surface area contributed by atoms with Crippen molar-refractivity contribution in [2.45, 2.75) is 12.8 Å². The van der Waals surface area contributed by atoms with Gasteiger partial charge in [-0.2, -0.15) is 0 Å². The first kappa shape index (κ1) is 15.7. The molecule has 4 nitrogen and oxygen atoms in total. The maximum absolute atomic E-state index is 12.8. The number of hydrogen-bond acceptors (Lipinski definition) is 3. The Labute approximate surface area is 114 Å². The summed E-state index contributed by atoms with van der Waals surface area (Å²) in [7, 11) is 0. The number of nitrogens with two attached hydrogens (primary N) is 1. The molecule has 106 valence electrons. The summed E-state index contributed by atoms with van der Waals surface area (Å²) in [5, 5.41) is 2.56. The molecule has 0 heterocycles. The summed E-state index contributed by atoms with van der Waals surface area (Å²) in [5.41, 5.74) is 5.53. The van der Waals surface area contributed by atoms with Gasteiger partial charge in [-0.3, -0.25) is 4.79 Å². The van der Waals surface area contributed by atoms with Crippen molar-refractivity contribution in [3.8, 4) is 5.75 Å². The van der Waals surface area contributed by atoms with Gasteiger partial charge in [-0.05, 0) is 19.1 Å². The standard InChI is InChI=1S/C12H15ClF2N2O2/c1-8-9(13)3-2-4-10(8)19-5-11(18)17-7-12(14,15)6-16/h2-4H,5-7,16H2,1H3,(H,17,18). The minimum absolute atomic E-state index is 0.359. The van der Waals surface area contributed by atoms with Crippen LogP contribution in [0.3, 0.4) is 0 Å². The summed E-state index contributed by atoms with van der Waals surface area (Å²) >= 11 is 5.88. The van der Waals surface area contributed by atoms with Crippen LogP contribution in [0.15, 0.2) is 18.2 Å². The first-order chi connectivity index (χ1) is 8.85. The third-order valence-electron chi connectivity index (χ3n) is 2.42. The van der Waals surface area contributed by atoms with Gasteiger partial charge in [-0.15, -0.1) is 0 Å². The average molecular weight is 293 g/mol. The Hall–Kier alpha value is -1.40. The number of amides is 1. The molecule has 19 heavy (non-hydrogen) atoms. The van der Waals surface area contributed by atoms with Gasteiger partial charge in [-0.1, -0.05) is 17.7 Å². The van der Waals surface area contributed by atoms with Crippen molar-refractivity contribution >= 4 is 17.5 Å². The summed E-state index contributed by atoms with van der Waals surface area (Å²) in [5.74, 6) is -3.32. The Bertz CT molecular complexity index is 455. The second kappa shape index (κ2) is 6.68. The molecule has 0 aliphatic heterocycles. The van der Waals surface area contributed by atoms with Crippen molar-refractivity contribution in [3.05, 3.63) is 28.8 Å². The molecule has 0 atom stereocenters. The number of ether oxygens (including phenoxy) is 1. The third-order valence-corrected chi connectivity index (χ3v) is 2.83. The molecule has 0 fully saturated rings. The van der Waals surface area contributed by atoms with Crippen LogP contribution in [0.4, 0.5) is 8.78 Å². The molecule has 1 rings (SSSR count). The largest absolute Gasteiger partial charge is 0.483 e. The SMILES string of the molecule is Cc1c(Cl)cccc1OCC(=O)NCC(F)(F)CN. The zero-order valence-corrected chi connectivity index (χ0v) is 11.1. The molecule has 0 saturated carbocycles. The molecule has 1 aromatic rings. The fourth-order valence-electron chi connectivity index (χ4n) is 1.24. The summed E-state index contributed by atoms with van der Waals surface area (Å²) < 4.78 is 30.8. The lowest BCUT2D eigenvalue weighted by Gasteiger charge is -2.15. The molecule has 0 spiro atoms. The molecular formula is C12H15ClF2N2O2. The Morgan fingerprint density at radius 1 is 1.53 bits per heavy atom. The van der Waals surface area contributed by atoms with Gasteiger partial charge in [0.25, 0.3) is 11.8 Å². The zero-order chi connectivity index (χ0) is 14.5. The number of nitrogens with one attached hydrogen (secondary N) is 1. The van der Waals surface area contributed by atoms with Gasteiger partial charge in [0.05, 0.1) is 13.1 Å². The average Bonchev–Trinajstić information content (AvgIpc) is 2.38. The van der Waals surface area contributed by atoms with E-state index in [-0.39, 0.29) is 6.61 Å². The van der Waals surface area contributed by atoms with Crippen LogP contribution in [0.1, 0.15) is 5.56 Å². The highest BCUT2D eigenvalue weighted by Gasteiger charge is 2.27. The van der Waals surface area contributed by atoms with Crippen LogP contribution in [-0.2, 0) is 4.79 Å². The topological polar surface area (TPSA) is 64.3 Å². The number of alkyl halides is 2. The molecule has 7 heteroatoms. The number of carbonyl (C=O) groups is 1. The van der Waals surface area contributed by atoms with Crippen LogP contribution in [0.5, 0.6) is 5.75 Å². The van der Waals surface area contributed by atoms with Crippen LogP contribution >= 0.6 is 11.6 Å². The fourth-order valence-corrected chi connectivity index (χ4v) is 1.40. The van der Waals surface area contributed by atoms with Crippen LogP contribution < -0.4 is 15.8 Å². The van der Waals surface area contributed by atoms with Gasteiger partial charge < -0.3 is 15.8 Å². The maximum atomic E-state index is 12.8. The predicted octanol–water partition coefficient (Wildman–Crippen LogP) is 1.74. The highest BCUT2D eigenvalue weighted by Crippen LogP contribution is 2.24. The second-order valence-electron chi connectivity index (χ2n) is 3.99. The van der Waals surface area contributed by atoms with E-state index in [9.17, 15) is 13.6 Å². The van der Waals surface area contributed by atoms with E-state index in [2.05, 4.69) is 5.32 Å². The molecule has 0 unspecified atom stereocenters. The van der Waals surface area contributed by atoms with Crippen LogP contribution in [0.2, 0.25) is 5.02 Å². The summed E-state index contributed by atoms with van der Waals surface area (Å²) in [4.78, 5) is 11.3. The van der Waals surface area contributed by atoms with Crippen molar-refractivity contribution < 1.29 is 18.3 Å². The molecule has 1 amide bonds. The second-order valence-corrected chi connectivity index (χ2v) is 4.40. The first-order valence-corrected chi connectivity index (χ1v) is 5.96. The van der Waals surface area contributed by atoms with Crippen molar-refractivity contribution in [2.24, 2.45) is 5.73 Å². The number of hydrogen-bond donors (Lipinski definition) is 2. The van der Waals surface area contributed by atoms with Crippen molar-refractivity contribution in [2.75, 3.05) is 19.7 Å². The Morgan fingerprint density at radius 2 is 2.21 bits per heavy atom. The number of carbonyl (C=O) groups excluding carboxylic acids is 1. The van der Waals surface area contributed by atoms with Crippen molar-refractivity contribution in [3.63, 3.8) is 0 Å². The van der Waals surface area contributed by atoms with Gasteiger partial charge in [0.2, 0.25) is 0 Å². The smallest absolute Gasteiger partial charge is 0.277 e. The van der Waals surface area contributed by atoms with E-state index < -0.39 is 24.9 Å². The van der Waals surface area contributed by atoms with E-state index in [1.807, 2.05) is 0 Å². The molecule has 0 bridgehead atoms. The molecule has 1 aromatic carbocycles. The molecule has 0 aliphatic carbocycles. The van der Waals surface area contributed by atoms with Gasteiger partial charge in [0.1, 0.15) is 5.75 Å². The molecule has 0 saturated heterocycles. The maximum Gasteiger partial charge on any atom is 0.277 e. The Kier molecular flexibility index (Phi) is 5.50. The quantitative estimate of drug-likeness (QED) is 0.839.